The van der Waals surface area contributed by atoms with E-state index in [-0.39, 0.29) is 0 Å². The highest BCUT2D eigenvalue weighted by molar-refractivity contribution is 5.56. The summed E-state index contributed by atoms with van der Waals surface area (Å²) >= 11 is 0. The summed E-state index contributed by atoms with van der Waals surface area (Å²) in [6.07, 6.45) is 1.78. The van der Waals surface area contributed by atoms with Crippen molar-refractivity contribution >= 4 is 6.16 Å². The lowest BCUT2D eigenvalue weighted by Gasteiger charge is -1.96. The van der Waals surface area contributed by atoms with Crippen LogP contribution in [0, 0.1) is 0 Å². The first-order valence-electron chi connectivity index (χ1n) is 3.13. The molecule has 9 heavy (non-hydrogen) atoms. The summed E-state index contributed by atoms with van der Waals surface area (Å²) in [5.74, 6) is 0. The van der Waals surface area contributed by atoms with Gasteiger partial charge in [0.2, 0.25) is 0 Å². The third-order valence-corrected chi connectivity index (χ3v) is 0.973. The van der Waals surface area contributed by atoms with Crippen molar-refractivity contribution in [3.63, 3.8) is 0 Å². The van der Waals surface area contributed by atoms with E-state index in [1.54, 1.807) is 0 Å². The van der Waals surface area contributed by atoms with Crippen molar-refractivity contribution in [2.24, 2.45) is 0 Å². The van der Waals surface area contributed by atoms with Crippen LogP contribution < -0.4 is 0 Å². The molecule has 1 N–H and O–H groups in total. The van der Waals surface area contributed by atoms with E-state index in [0.717, 1.165) is 19.3 Å². The monoisotopic (exact) mass is 132 g/mol. The number of unbranched alkanes of at least 4 members (excludes halogenated alkanes) is 2. The van der Waals surface area contributed by atoms with E-state index < -0.39 is 6.16 Å². The second-order valence-electron chi connectivity index (χ2n) is 1.82. The van der Waals surface area contributed by atoms with Gasteiger partial charge in [0.25, 0.3) is 0 Å². The van der Waals surface area contributed by atoms with Gasteiger partial charge in [-0.1, -0.05) is 19.8 Å². The SMILES string of the molecule is CCCCCOC(=O)O. The van der Waals surface area contributed by atoms with Gasteiger partial charge in [-0.25, -0.2) is 4.79 Å². The average Bonchev–Trinajstić information content (AvgIpc) is 1.80. The second kappa shape index (κ2) is 5.41. The quantitative estimate of drug-likeness (QED) is 0.469. The molecule has 0 aliphatic carbocycles. The van der Waals surface area contributed by atoms with Gasteiger partial charge in [0.15, 0.2) is 0 Å². The van der Waals surface area contributed by atoms with Gasteiger partial charge in [0, 0.05) is 0 Å². The normalized spacial score (nSPS) is 9.00. The van der Waals surface area contributed by atoms with E-state index in [9.17, 15) is 4.79 Å². The van der Waals surface area contributed by atoms with Crippen LogP contribution in [0.2, 0.25) is 0 Å². The fraction of sp³-hybridized carbons (Fsp3) is 0.833. The minimum absolute atomic E-state index is 0.336. The number of hydrogen-bond acceptors (Lipinski definition) is 2. The average molecular weight is 132 g/mol. The Bertz CT molecular complexity index is 80.4. The molecular weight excluding hydrogens is 120 g/mol. The molecule has 3 heteroatoms. The molecule has 0 bridgehead atoms. The van der Waals surface area contributed by atoms with Crippen LogP contribution in [-0.2, 0) is 4.74 Å². The zero-order valence-corrected chi connectivity index (χ0v) is 5.59. The molecule has 0 saturated heterocycles. The predicted octanol–water partition coefficient (Wildman–Crippen LogP) is 1.87. The zero-order valence-electron chi connectivity index (χ0n) is 5.59. The number of rotatable bonds is 4. The first-order chi connectivity index (χ1) is 4.27. The molecule has 0 rings (SSSR count). The molecule has 0 aromatic carbocycles. The van der Waals surface area contributed by atoms with E-state index in [4.69, 9.17) is 5.11 Å². The van der Waals surface area contributed by atoms with Crippen LogP contribution in [0.4, 0.5) is 4.79 Å². The van der Waals surface area contributed by atoms with Crippen molar-refractivity contribution in [2.45, 2.75) is 26.2 Å². The van der Waals surface area contributed by atoms with Crippen molar-refractivity contribution in [2.75, 3.05) is 6.61 Å². The maximum atomic E-state index is 9.74. The molecule has 0 aliphatic rings. The van der Waals surface area contributed by atoms with Gasteiger partial charge in [-0.2, -0.15) is 0 Å². The largest absolute Gasteiger partial charge is 0.505 e. The van der Waals surface area contributed by atoms with Crippen LogP contribution in [0.25, 0.3) is 0 Å². The number of hydrogen-bond donors (Lipinski definition) is 1. The van der Waals surface area contributed by atoms with Crippen molar-refractivity contribution in [3.8, 4) is 0 Å². The molecule has 0 heterocycles. The molecule has 54 valence electrons. The third-order valence-electron chi connectivity index (χ3n) is 0.973. The maximum absolute atomic E-state index is 9.74. The van der Waals surface area contributed by atoms with Crippen LogP contribution in [0.15, 0.2) is 0 Å². The predicted molar refractivity (Wildman–Crippen MR) is 33.5 cm³/mol. The highest BCUT2D eigenvalue weighted by Gasteiger charge is 1.92. The molecule has 0 amide bonds. The van der Waals surface area contributed by atoms with Crippen molar-refractivity contribution in [1.82, 2.24) is 0 Å². The Hall–Kier alpha value is -0.730. The summed E-state index contributed by atoms with van der Waals surface area (Å²) in [5, 5.41) is 7.99. The molecule has 0 fully saturated rings. The number of carbonyl (C=O) groups is 1. The summed E-state index contributed by atoms with van der Waals surface area (Å²) in [5.41, 5.74) is 0. The molecule has 0 saturated carbocycles. The highest BCUT2D eigenvalue weighted by Crippen LogP contribution is 1.93. The number of carboxylic acid groups (broad SMARTS) is 1. The van der Waals surface area contributed by atoms with Gasteiger partial charge in [-0.15, -0.1) is 0 Å². The highest BCUT2D eigenvalue weighted by atomic mass is 16.7. The molecule has 0 aromatic rings. The van der Waals surface area contributed by atoms with E-state index in [1.165, 1.54) is 0 Å². The summed E-state index contributed by atoms with van der Waals surface area (Å²) in [7, 11) is 0. The topological polar surface area (TPSA) is 46.5 Å². The van der Waals surface area contributed by atoms with E-state index >= 15 is 0 Å². The van der Waals surface area contributed by atoms with Crippen molar-refractivity contribution in [3.05, 3.63) is 0 Å². The Balaban J connectivity index is 2.83. The molecule has 0 aromatic heterocycles. The minimum atomic E-state index is -1.17. The Labute approximate surface area is 54.6 Å². The molecule has 3 nitrogen and oxygen atoms in total. The van der Waals surface area contributed by atoms with Crippen LogP contribution in [0.3, 0.4) is 0 Å². The van der Waals surface area contributed by atoms with Crippen molar-refractivity contribution < 1.29 is 14.6 Å². The molecule has 0 aliphatic heterocycles. The fourth-order valence-corrected chi connectivity index (χ4v) is 0.512. The van der Waals surface area contributed by atoms with E-state index in [1.807, 2.05) is 0 Å². The van der Waals surface area contributed by atoms with Gasteiger partial charge in [-0.05, 0) is 6.42 Å². The minimum Gasteiger partial charge on any atom is -0.450 e. The smallest absolute Gasteiger partial charge is 0.450 e. The molecular formula is C6H12O3. The van der Waals surface area contributed by atoms with E-state index in [0.29, 0.717) is 6.61 Å². The van der Waals surface area contributed by atoms with E-state index in [2.05, 4.69) is 11.7 Å². The van der Waals surface area contributed by atoms with Gasteiger partial charge in [0.1, 0.15) is 0 Å². The zero-order chi connectivity index (χ0) is 7.11. The fourth-order valence-electron chi connectivity index (χ4n) is 0.512. The summed E-state index contributed by atoms with van der Waals surface area (Å²) in [6.45, 7) is 2.39. The molecule has 0 atom stereocenters. The number of ether oxygens (including phenoxy) is 1. The lowest BCUT2D eigenvalue weighted by molar-refractivity contribution is 0.0901. The lowest BCUT2D eigenvalue weighted by Crippen LogP contribution is -2.00. The van der Waals surface area contributed by atoms with Gasteiger partial charge >= 0.3 is 6.16 Å². The summed E-state index contributed by atoms with van der Waals surface area (Å²) < 4.78 is 4.26. The van der Waals surface area contributed by atoms with Crippen LogP contribution in [0.5, 0.6) is 0 Å². The Morgan fingerprint density at radius 1 is 1.56 bits per heavy atom. The summed E-state index contributed by atoms with van der Waals surface area (Å²) in [4.78, 5) is 9.74. The summed E-state index contributed by atoms with van der Waals surface area (Å²) in [6, 6.07) is 0. The third kappa shape index (κ3) is 7.27. The Kier molecular flexibility index (Phi) is 4.97. The van der Waals surface area contributed by atoms with Gasteiger partial charge in [-0.3, -0.25) is 0 Å². The molecule has 0 unspecified atom stereocenters. The van der Waals surface area contributed by atoms with Crippen LogP contribution in [0.1, 0.15) is 26.2 Å². The van der Waals surface area contributed by atoms with Gasteiger partial charge < -0.3 is 9.84 Å². The first kappa shape index (κ1) is 8.27. The maximum Gasteiger partial charge on any atom is 0.505 e. The van der Waals surface area contributed by atoms with Crippen LogP contribution in [-0.4, -0.2) is 17.9 Å². The van der Waals surface area contributed by atoms with Crippen molar-refractivity contribution in [1.29, 1.82) is 0 Å². The first-order valence-corrected chi connectivity index (χ1v) is 3.13. The van der Waals surface area contributed by atoms with Crippen LogP contribution >= 0.6 is 0 Å². The Morgan fingerprint density at radius 3 is 2.67 bits per heavy atom. The Morgan fingerprint density at radius 2 is 2.22 bits per heavy atom. The lowest BCUT2D eigenvalue weighted by atomic mass is 10.3. The molecule has 0 radical (unpaired) electrons. The molecule has 0 spiro atoms. The second-order valence-corrected chi connectivity index (χ2v) is 1.82. The van der Waals surface area contributed by atoms with Gasteiger partial charge in [0.05, 0.1) is 6.61 Å². The standard InChI is InChI=1S/C6H12O3/c1-2-3-4-5-9-6(7)8/h2-5H2,1H3,(H,7,8).